The van der Waals surface area contributed by atoms with Crippen molar-refractivity contribution in [3.63, 3.8) is 0 Å². The van der Waals surface area contributed by atoms with E-state index in [1.165, 1.54) is 6.42 Å². The van der Waals surface area contributed by atoms with E-state index < -0.39 is 0 Å². The normalized spacial score (nSPS) is 33.4. The van der Waals surface area contributed by atoms with Crippen LogP contribution in [0, 0.1) is 0 Å². The van der Waals surface area contributed by atoms with Crippen molar-refractivity contribution in [3.8, 4) is 0 Å². The average molecular weight is 214 g/mol. The molecule has 0 saturated carbocycles. The maximum atomic E-state index is 9.44. The third kappa shape index (κ3) is 2.91. The van der Waals surface area contributed by atoms with Gasteiger partial charge in [-0.2, -0.15) is 0 Å². The van der Waals surface area contributed by atoms with Crippen molar-refractivity contribution in [2.24, 2.45) is 0 Å². The molecule has 0 aromatic carbocycles. The summed E-state index contributed by atoms with van der Waals surface area (Å²) < 4.78 is 5.32. The lowest BCUT2D eigenvalue weighted by Crippen LogP contribution is -2.47. The van der Waals surface area contributed by atoms with Crippen molar-refractivity contribution >= 4 is 0 Å². The third-order valence-corrected chi connectivity index (χ3v) is 3.65. The topological polar surface area (TPSA) is 44.7 Å². The number of ether oxygens (including phenoxy) is 1. The number of nitrogens with zero attached hydrogens (tertiary/aromatic N) is 1. The molecule has 1 atom stereocenters. The van der Waals surface area contributed by atoms with E-state index >= 15 is 0 Å². The molecule has 1 unspecified atom stereocenters. The minimum atomic E-state index is 0.0122. The zero-order chi connectivity index (χ0) is 10.6. The van der Waals surface area contributed by atoms with Crippen molar-refractivity contribution in [1.82, 2.24) is 10.2 Å². The molecule has 2 heterocycles. The van der Waals surface area contributed by atoms with Crippen molar-refractivity contribution in [1.29, 1.82) is 0 Å². The molecule has 4 heteroatoms. The van der Waals surface area contributed by atoms with E-state index in [2.05, 4.69) is 10.2 Å². The summed E-state index contributed by atoms with van der Waals surface area (Å²) in [6, 6.07) is 0. The second kappa shape index (κ2) is 5.25. The van der Waals surface area contributed by atoms with Crippen molar-refractivity contribution < 1.29 is 9.84 Å². The van der Waals surface area contributed by atoms with Gasteiger partial charge in [0, 0.05) is 25.2 Å². The third-order valence-electron chi connectivity index (χ3n) is 3.65. The molecule has 4 nitrogen and oxygen atoms in total. The first-order valence-electron chi connectivity index (χ1n) is 6.01. The van der Waals surface area contributed by atoms with Gasteiger partial charge >= 0.3 is 0 Å². The Bertz CT molecular complexity index is 187. The number of rotatable bonds is 4. The highest BCUT2D eigenvalue weighted by atomic mass is 16.5. The summed E-state index contributed by atoms with van der Waals surface area (Å²) in [5.74, 6) is 0. The smallest absolute Gasteiger partial charge is 0.0613 e. The molecule has 2 rings (SSSR count). The first-order valence-corrected chi connectivity index (χ1v) is 6.01. The summed E-state index contributed by atoms with van der Waals surface area (Å²) in [7, 11) is 0. The summed E-state index contributed by atoms with van der Waals surface area (Å²) in [6.07, 6.45) is 3.38. The van der Waals surface area contributed by atoms with E-state index in [-0.39, 0.29) is 12.1 Å². The number of hydrogen-bond donors (Lipinski definition) is 2. The van der Waals surface area contributed by atoms with Crippen LogP contribution in [0.25, 0.3) is 0 Å². The second-order valence-corrected chi connectivity index (χ2v) is 4.67. The highest BCUT2D eigenvalue weighted by molar-refractivity contribution is 4.93. The van der Waals surface area contributed by atoms with Crippen molar-refractivity contribution in [2.45, 2.75) is 24.8 Å². The molecule has 0 radical (unpaired) electrons. The summed E-state index contributed by atoms with van der Waals surface area (Å²) >= 11 is 0. The predicted octanol–water partition coefficient (Wildman–Crippen LogP) is -0.177. The monoisotopic (exact) mass is 214 g/mol. The number of nitrogens with one attached hydrogen (secondary N) is 1. The summed E-state index contributed by atoms with van der Waals surface area (Å²) in [6.45, 7) is 6.22. The Balaban J connectivity index is 1.75. The van der Waals surface area contributed by atoms with E-state index in [9.17, 15) is 5.11 Å². The molecule has 88 valence electrons. The fraction of sp³-hybridized carbons (Fsp3) is 1.00. The standard InChI is InChI=1S/C11H22N2O2/c14-10-11(2-1-4-12-11)3-5-13-6-8-15-9-7-13/h12,14H,1-10H2. The van der Waals surface area contributed by atoms with Crippen LogP contribution in [0.1, 0.15) is 19.3 Å². The predicted molar refractivity (Wildman–Crippen MR) is 58.9 cm³/mol. The lowest BCUT2D eigenvalue weighted by molar-refractivity contribution is 0.0312. The summed E-state index contributed by atoms with van der Waals surface area (Å²) in [5, 5.41) is 12.9. The van der Waals surface area contributed by atoms with Gasteiger partial charge in [-0.3, -0.25) is 4.90 Å². The van der Waals surface area contributed by atoms with Gasteiger partial charge in [0.05, 0.1) is 19.8 Å². The Morgan fingerprint density at radius 2 is 2.13 bits per heavy atom. The van der Waals surface area contributed by atoms with Crippen LogP contribution >= 0.6 is 0 Å². The van der Waals surface area contributed by atoms with Crippen LogP contribution in [0.5, 0.6) is 0 Å². The number of hydrogen-bond acceptors (Lipinski definition) is 4. The Morgan fingerprint density at radius 3 is 2.73 bits per heavy atom. The minimum Gasteiger partial charge on any atom is -0.394 e. The highest BCUT2D eigenvalue weighted by Gasteiger charge is 2.32. The van der Waals surface area contributed by atoms with Crippen LogP contribution < -0.4 is 5.32 Å². The number of aliphatic hydroxyl groups excluding tert-OH is 1. The molecule has 0 aromatic rings. The lowest BCUT2D eigenvalue weighted by Gasteiger charge is -2.32. The van der Waals surface area contributed by atoms with Gasteiger partial charge in [-0.15, -0.1) is 0 Å². The molecular weight excluding hydrogens is 192 g/mol. The number of aliphatic hydroxyl groups is 1. The van der Waals surface area contributed by atoms with Gasteiger partial charge in [0.2, 0.25) is 0 Å². The van der Waals surface area contributed by atoms with Gasteiger partial charge in [0.1, 0.15) is 0 Å². The molecular formula is C11H22N2O2. The molecule has 2 N–H and O–H groups in total. The SMILES string of the molecule is OCC1(CCN2CCOCC2)CCCN1. The molecule has 0 bridgehead atoms. The maximum absolute atomic E-state index is 9.44. The van der Waals surface area contributed by atoms with Crippen molar-refractivity contribution in [2.75, 3.05) is 46.0 Å². The Morgan fingerprint density at radius 1 is 1.33 bits per heavy atom. The van der Waals surface area contributed by atoms with Gasteiger partial charge in [0.15, 0.2) is 0 Å². The molecule has 2 aliphatic heterocycles. The highest BCUT2D eigenvalue weighted by Crippen LogP contribution is 2.22. The zero-order valence-corrected chi connectivity index (χ0v) is 9.37. The second-order valence-electron chi connectivity index (χ2n) is 4.67. The Labute approximate surface area is 91.6 Å². The van der Waals surface area contributed by atoms with E-state index in [4.69, 9.17) is 4.74 Å². The number of morpholine rings is 1. The fourth-order valence-electron chi connectivity index (χ4n) is 2.49. The molecule has 0 aromatic heterocycles. The molecule has 2 saturated heterocycles. The first-order chi connectivity index (χ1) is 7.35. The van der Waals surface area contributed by atoms with Gasteiger partial charge < -0.3 is 15.2 Å². The van der Waals surface area contributed by atoms with Gasteiger partial charge in [-0.1, -0.05) is 0 Å². The fourth-order valence-corrected chi connectivity index (χ4v) is 2.49. The van der Waals surface area contributed by atoms with Crippen LogP contribution in [-0.2, 0) is 4.74 Å². The van der Waals surface area contributed by atoms with Gasteiger partial charge in [0.25, 0.3) is 0 Å². The van der Waals surface area contributed by atoms with E-state index in [0.29, 0.717) is 0 Å². The molecule has 15 heavy (non-hydrogen) atoms. The molecule has 0 aliphatic carbocycles. The summed E-state index contributed by atoms with van der Waals surface area (Å²) in [4.78, 5) is 2.43. The van der Waals surface area contributed by atoms with Crippen LogP contribution in [0.2, 0.25) is 0 Å². The largest absolute Gasteiger partial charge is 0.394 e. The lowest BCUT2D eigenvalue weighted by atomic mass is 9.94. The Kier molecular flexibility index (Phi) is 3.97. The Hall–Kier alpha value is -0.160. The van der Waals surface area contributed by atoms with Crippen LogP contribution in [0.15, 0.2) is 0 Å². The minimum absolute atomic E-state index is 0.0122. The molecule has 0 amide bonds. The van der Waals surface area contributed by atoms with Crippen LogP contribution in [0.3, 0.4) is 0 Å². The van der Waals surface area contributed by atoms with Gasteiger partial charge in [-0.25, -0.2) is 0 Å². The zero-order valence-electron chi connectivity index (χ0n) is 9.37. The van der Waals surface area contributed by atoms with E-state index in [1.807, 2.05) is 0 Å². The molecule has 2 fully saturated rings. The molecule has 2 aliphatic rings. The maximum Gasteiger partial charge on any atom is 0.0613 e. The molecule has 0 spiro atoms. The van der Waals surface area contributed by atoms with Crippen LogP contribution in [0.4, 0.5) is 0 Å². The van der Waals surface area contributed by atoms with Crippen LogP contribution in [-0.4, -0.2) is 61.5 Å². The van der Waals surface area contributed by atoms with E-state index in [1.54, 1.807) is 0 Å². The average Bonchev–Trinajstić information content (AvgIpc) is 2.77. The summed E-state index contributed by atoms with van der Waals surface area (Å²) in [5.41, 5.74) is 0.0122. The van der Waals surface area contributed by atoms with E-state index in [0.717, 1.165) is 52.2 Å². The van der Waals surface area contributed by atoms with Crippen molar-refractivity contribution in [3.05, 3.63) is 0 Å². The van der Waals surface area contributed by atoms with Gasteiger partial charge in [-0.05, 0) is 25.8 Å². The first kappa shape index (κ1) is 11.3. The quantitative estimate of drug-likeness (QED) is 0.681.